The molecule has 1 N–H and O–H groups in total. The van der Waals surface area contributed by atoms with Crippen molar-refractivity contribution in [3.8, 4) is 10.6 Å². The highest BCUT2D eigenvalue weighted by atomic mass is 32.1. The van der Waals surface area contributed by atoms with Crippen molar-refractivity contribution in [3.63, 3.8) is 0 Å². The molecule has 0 bridgehead atoms. The molecule has 0 spiro atoms. The minimum Gasteiger partial charge on any atom is -0.335 e. The molecule has 4 nitrogen and oxygen atoms in total. The van der Waals surface area contributed by atoms with Gasteiger partial charge in [-0.05, 0) is 26.0 Å². The van der Waals surface area contributed by atoms with Crippen LogP contribution in [0.25, 0.3) is 10.6 Å². The average molecular weight is 319 g/mol. The molecular formula is C16H18FN3OS. The van der Waals surface area contributed by atoms with Gasteiger partial charge in [-0.25, -0.2) is 9.37 Å². The van der Waals surface area contributed by atoms with Crippen molar-refractivity contribution < 1.29 is 9.18 Å². The van der Waals surface area contributed by atoms with E-state index in [9.17, 15) is 9.18 Å². The number of hydrogen-bond donors (Lipinski definition) is 1. The summed E-state index contributed by atoms with van der Waals surface area (Å²) in [5, 5.41) is 3.94. The predicted molar refractivity (Wildman–Crippen MR) is 85.5 cm³/mol. The second-order valence-corrected chi connectivity index (χ2v) is 6.72. The Morgan fingerprint density at radius 1 is 1.32 bits per heavy atom. The van der Waals surface area contributed by atoms with Crippen molar-refractivity contribution in [2.24, 2.45) is 0 Å². The number of nitrogens with one attached hydrogen (secondary N) is 1. The van der Waals surface area contributed by atoms with E-state index in [0.29, 0.717) is 28.5 Å². The normalized spacial score (nSPS) is 21.9. The van der Waals surface area contributed by atoms with Crippen LogP contribution in [0.1, 0.15) is 23.5 Å². The number of nitrogens with zero attached hydrogens (tertiary/aromatic N) is 2. The van der Waals surface area contributed by atoms with Crippen molar-refractivity contribution in [1.82, 2.24) is 15.2 Å². The number of piperazine rings is 1. The Bertz CT molecular complexity index is 678. The molecule has 116 valence electrons. The maximum absolute atomic E-state index is 13.8. The number of benzene rings is 1. The van der Waals surface area contributed by atoms with E-state index in [2.05, 4.69) is 24.1 Å². The third-order valence-corrected chi connectivity index (χ3v) is 4.68. The van der Waals surface area contributed by atoms with Gasteiger partial charge < -0.3 is 10.2 Å². The zero-order valence-electron chi connectivity index (χ0n) is 12.5. The number of hydrogen-bond acceptors (Lipinski definition) is 4. The fraction of sp³-hybridized carbons (Fsp3) is 0.375. The zero-order chi connectivity index (χ0) is 15.7. The molecule has 0 aliphatic carbocycles. The van der Waals surface area contributed by atoms with Crippen molar-refractivity contribution in [2.45, 2.75) is 25.9 Å². The van der Waals surface area contributed by atoms with Crippen molar-refractivity contribution in [2.75, 3.05) is 13.1 Å². The summed E-state index contributed by atoms with van der Waals surface area (Å²) >= 11 is 1.24. The number of rotatable bonds is 2. The molecule has 1 aromatic heterocycles. The number of aromatic nitrogens is 1. The maximum atomic E-state index is 13.8. The van der Waals surface area contributed by atoms with E-state index < -0.39 is 0 Å². The molecule has 1 aliphatic rings. The van der Waals surface area contributed by atoms with Crippen LogP contribution in [0.4, 0.5) is 4.39 Å². The van der Waals surface area contributed by atoms with Crippen LogP contribution < -0.4 is 5.32 Å². The fourth-order valence-corrected chi connectivity index (χ4v) is 3.69. The number of halogens is 1. The minimum atomic E-state index is -0.319. The molecule has 22 heavy (non-hydrogen) atoms. The Morgan fingerprint density at radius 3 is 2.68 bits per heavy atom. The number of carbonyl (C=O) groups is 1. The van der Waals surface area contributed by atoms with Crippen molar-refractivity contribution in [1.29, 1.82) is 0 Å². The summed E-state index contributed by atoms with van der Waals surface area (Å²) in [5.74, 6) is -0.347. The standard InChI is InChI=1S/C16H18FN3OS/c1-10-8-20(9-11(2)19-10)16(21)14-7-18-15(22-14)12-5-3-4-6-13(12)17/h3-7,10-11,19H,8-9H2,1-2H3/t10-,11-/m0/s1. The zero-order valence-corrected chi connectivity index (χ0v) is 13.4. The van der Waals surface area contributed by atoms with Gasteiger partial charge in [-0.1, -0.05) is 12.1 Å². The van der Waals surface area contributed by atoms with E-state index in [0.717, 1.165) is 0 Å². The maximum Gasteiger partial charge on any atom is 0.265 e. The van der Waals surface area contributed by atoms with Gasteiger partial charge in [0.25, 0.3) is 5.91 Å². The van der Waals surface area contributed by atoms with Gasteiger partial charge in [0.1, 0.15) is 15.7 Å². The van der Waals surface area contributed by atoms with E-state index in [1.165, 1.54) is 17.4 Å². The van der Waals surface area contributed by atoms with Crippen LogP contribution in [0.5, 0.6) is 0 Å². The summed E-state index contributed by atoms with van der Waals surface area (Å²) in [6.45, 7) is 5.48. The third kappa shape index (κ3) is 3.03. The lowest BCUT2D eigenvalue weighted by atomic mass is 10.1. The molecule has 6 heteroatoms. The van der Waals surface area contributed by atoms with Gasteiger partial charge in [-0.2, -0.15) is 0 Å². The molecule has 0 radical (unpaired) electrons. The monoisotopic (exact) mass is 319 g/mol. The van der Waals surface area contributed by atoms with Crippen LogP contribution in [0.15, 0.2) is 30.5 Å². The second-order valence-electron chi connectivity index (χ2n) is 5.69. The lowest BCUT2D eigenvalue weighted by Gasteiger charge is -2.35. The number of carbonyl (C=O) groups excluding carboxylic acids is 1. The molecule has 2 atom stereocenters. The second kappa shape index (κ2) is 6.14. The lowest BCUT2D eigenvalue weighted by molar-refractivity contribution is 0.0678. The van der Waals surface area contributed by atoms with Crippen LogP contribution in [0.2, 0.25) is 0 Å². The fourth-order valence-electron chi connectivity index (χ4n) is 2.78. The van der Waals surface area contributed by atoms with Crippen molar-refractivity contribution in [3.05, 3.63) is 41.2 Å². The molecule has 1 saturated heterocycles. The summed E-state index contributed by atoms with van der Waals surface area (Å²) in [4.78, 5) is 19.2. The minimum absolute atomic E-state index is 0.0275. The molecule has 1 fully saturated rings. The molecular weight excluding hydrogens is 301 g/mol. The number of amides is 1. The molecule has 1 aromatic carbocycles. The summed E-state index contributed by atoms with van der Waals surface area (Å²) in [5.41, 5.74) is 0.439. The van der Waals surface area contributed by atoms with Gasteiger partial charge in [-0.15, -0.1) is 11.3 Å². The highest BCUT2D eigenvalue weighted by Crippen LogP contribution is 2.28. The summed E-state index contributed by atoms with van der Waals surface area (Å²) < 4.78 is 13.8. The Kier molecular flexibility index (Phi) is 4.22. The average Bonchev–Trinajstić information content (AvgIpc) is 2.95. The molecule has 2 aromatic rings. The van der Waals surface area contributed by atoms with Crippen LogP contribution in [-0.4, -0.2) is 41.0 Å². The van der Waals surface area contributed by atoms with Gasteiger partial charge >= 0.3 is 0 Å². The molecule has 2 heterocycles. The van der Waals surface area contributed by atoms with Gasteiger partial charge in [0, 0.05) is 30.7 Å². The largest absolute Gasteiger partial charge is 0.335 e. The Labute approximate surface area is 133 Å². The predicted octanol–water partition coefficient (Wildman–Crippen LogP) is 2.77. The molecule has 0 unspecified atom stereocenters. The molecule has 3 rings (SSSR count). The first-order valence-electron chi connectivity index (χ1n) is 7.30. The first-order chi connectivity index (χ1) is 10.5. The highest BCUT2D eigenvalue weighted by Gasteiger charge is 2.27. The van der Waals surface area contributed by atoms with E-state index in [1.54, 1.807) is 24.4 Å². The molecule has 0 saturated carbocycles. The lowest BCUT2D eigenvalue weighted by Crippen LogP contribution is -2.55. The van der Waals surface area contributed by atoms with Crippen LogP contribution >= 0.6 is 11.3 Å². The topological polar surface area (TPSA) is 45.2 Å². The Hall–Kier alpha value is -1.79. The van der Waals surface area contributed by atoms with Gasteiger partial charge in [0.15, 0.2) is 0 Å². The molecule has 1 amide bonds. The van der Waals surface area contributed by atoms with E-state index in [1.807, 2.05) is 4.90 Å². The summed E-state index contributed by atoms with van der Waals surface area (Å²) in [6, 6.07) is 7.02. The summed E-state index contributed by atoms with van der Waals surface area (Å²) in [7, 11) is 0. The first-order valence-corrected chi connectivity index (χ1v) is 8.12. The van der Waals surface area contributed by atoms with E-state index >= 15 is 0 Å². The Balaban J connectivity index is 1.82. The van der Waals surface area contributed by atoms with Crippen LogP contribution in [-0.2, 0) is 0 Å². The van der Waals surface area contributed by atoms with Crippen LogP contribution in [0.3, 0.4) is 0 Å². The van der Waals surface area contributed by atoms with E-state index in [4.69, 9.17) is 0 Å². The van der Waals surface area contributed by atoms with Crippen LogP contribution in [0, 0.1) is 5.82 Å². The van der Waals surface area contributed by atoms with Gasteiger partial charge in [-0.3, -0.25) is 4.79 Å². The third-order valence-electron chi connectivity index (χ3n) is 3.67. The highest BCUT2D eigenvalue weighted by molar-refractivity contribution is 7.16. The Morgan fingerprint density at radius 2 is 2.00 bits per heavy atom. The SMILES string of the molecule is C[C@H]1CN(C(=O)c2cnc(-c3ccccc3F)s2)C[C@H](C)N1. The summed E-state index contributed by atoms with van der Waals surface area (Å²) in [6.07, 6.45) is 1.55. The van der Waals surface area contributed by atoms with Gasteiger partial charge in [0.05, 0.1) is 6.20 Å². The number of thiazole rings is 1. The quantitative estimate of drug-likeness (QED) is 0.926. The smallest absolute Gasteiger partial charge is 0.265 e. The van der Waals surface area contributed by atoms with E-state index in [-0.39, 0.29) is 23.8 Å². The van der Waals surface area contributed by atoms with Gasteiger partial charge in [0.2, 0.25) is 0 Å². The van der Waals surface area contributed by atoms with Crippen molar-refractivity contribution >= 4 is 17.2 Å². The first kappa shape index (κ1) is 15.1. The molecule has 1 aliphatic heterocycles.